The van der Waals surface area contributed by atoms with E-state index in [1.807, 2.05) is 7.05 Å². The number of rotatable bonds is 4. The van der Waals surface area contributed by atoms with Gasteiger partial charge < -0.3 is 15.0 Å². The lowest BCUT2D eigenvalue weighted by Crippen LogP contribution is -2.48. The molecular weight excluding hydrogens is 443 g/mol. The number of guanidine groups is 1. The molecule has 1 aliphatic heterocycles. The van der Waals surface area contributed by atoms with Gasteiger partial charge in [-0.1, -0.05) is 24.3 Å². The van der Waals surface area contributed by atoms with Crippen molar-refractivity contribution in [1.29, 1.82) is 0 Å². The largest absolute Gasteiger partial charge is 0.370 e. The molecule has 0 saturated carbocycles. The molecule has 2 aromatic rings. The Bertz CT molecular complexity index is 732. The summed E-state index contributed by atoms with van der Waals surface area (Å²) in [5, 5.41) is 7.48. The molecule has 7 nitrogen and oxygen atoms in total. The smallest absolute Gasteiger partial charge is 0.194 e. The van der Waals surface area contributed by atoms with Crippen molar-refractivity contribution in [3.05, 3.63) is 47.5 Å². The van der Waals surface area contributed by atoms with Gasteiger partial charge in [-0.2, -0.15) is 5.10 Å². The van der Waals surface area contributed by atoms with E-state index in [2.05, 4.69) is 58.4 Å². The average molecular weight is 470 g/mol. The Morgan fingerprint density at radius 3 is 2.88 bits per heavy atom. The summed E-state index contributed by atoms with van der Waals surface area (Å²) < 4.78 is 7.77. The third kappa shape index (κ3) is 4.94. The van der Waals surface area contributed by atoms with E-state index in [0.717, 1.165) is 31.4 Å². The lowest BCUT2D eigenvalue weighted by atomic mass is 10.0. The molecule has 1 aromatic carbocycles. The fourth-order valence-corrected chi connectivity index (χ4v) is 3.01. The lowest BCUT2D eigenvalue weighted by Gasteiger charge is -2.35. The molecule has 0 radical (unpaired) electrons. The molecule has 0 bridgehead atoms. The van der Waals surface area contributed by atoms with Crippen molar-refractivity contribution < 1.29 is 4.74 Å². The zero-order valence-corrected chi connectivity index (χ0v) is 17.9. The van der Waals surface area contributed by atoms with Crippen LogP contribution in [-0.4, -0.2) is 51.9 Å². The van der Waals surface area contributed by atoms with Crippen LogP contribution in [-0.2, 0) is 18.3 Å². The highest BCUT2D eigenvalue weighted by Crippen LogP contribution is 2.25. The molecule has 1 unspecified atom stereocenters. The van der Waals surface area contributed by atoms with Crippen LogP contribution in [0, 0.1) is 6.92 Å². The molecule has 1 fully saturated rings. The van der Waals surface area contributed by atoms with Crippen molar-refractivity contribution in [2.45, 2.75) is 26.5 Å². The van der Waals surface area contributed by atoms with Crippen LogP contribution in [0.4, 0.5) is 0 Å². The van der Waals surface area contributed by atoms with Crippen LogP contribution in [0.5, 0.6) is 0 Å². The summed E-state index contributed by atoms with van der Waals surface area (Å²) in [6, 6.07) is 8.40. The first kappa shape index (κ1) is 20.6. The lowest BCUT2D eigenvalue weighted by molar-refractivity contribution is -0.00834. The predicted octanol–water partition coefficient (Wildman–Crippen LogP) is 2.28. The maximum absolute atomic E-state index is 6.02. The van der Waals surface area contributed by atoms with Crippen molar-refractivity contribution in [3.63, 3.8) is 0 Å². The van der Waals surface area contributed by atoms with E-state index >= 15 is 0 Å². The number of hydrogen-bond donors (Lipinski definition) is 1. The highest BCUT2D eigenvalue weighted by Gasteiger charge is 2.25. The van der Waals surface area contributed by atoms with Gasteiger partial charge in [0.25, 0.3) is 0 Å². The molecule has 0 spiro atoms. The molecule has 1 aromatic heterocycles. The Balaban J connectivity index is 0.00000243. The topological polar surface area (TPSA) is 67.6 Å². The van der Waals surface area contributed by atoms with Crippen LogP contribution >= 0.6 is 24.0 Å². The second-order valence-corrected chi connectivity index (χ2v) is 6.13. The van der Waals surface area contributed by atoms with Gasteiger partial charge in [0.1, 0.15) is 24.8 Å². The van der Waals surface area contributed by atoms with Crippen LogP contribution in [0.3, 0.4) is 0 Å². The number of nitrogens with one attached hydrogen (secondary N) is 1. The molecule has 8 heteroatoms. The quantitative estimate of drug-likeness (QED) is 0.422. The van der Waals surface area contributed by atoms with Crippen LogP contribution in [0.1, 0.15) is 30.0 Å². The van der Waals surface area contributed by atoms with Crippen LogP contribution in [0.25, 0.3) is 0 Å². The number of ether oxygens (including phenoxy) is 1. The SMILES string of the molecule is CCNC(=NCc1ncnn1C)N1CCOC(c2ccccc2C)C1.I. The van der Waals surface area contributed by atoms with Gasteiger partial charge >= 0.3 is 0 Å². The van der Waals surface area contributed by atoms with Crippen molar-refractivity contribution in [2.24, 2.45) is 12.0 Å². The fraction of sp³-hybridized carbons (Fsp3) is 0.500. The summed E-state index contributed by atoms with van der Waals surface area (Å²) in [7, 11) is 1.88. The third-order valence-corrected chi connectivity index (χ3v) is 4.41. The Morgan fingerprint density at radius 2 is 2.19 bits per heavy atom. The van der Waals surface area contributed by atoms with E-state index in [1.165, 1.54) is 11.1 Å². The molecule has 2 heterocycles. The predicted molar refractivity (Wildman–Crippen MR) is 113 cm³/mol. The number of morpholine rings is 1. The van der Waals surface area contributed by atoms with E-state index in [1.54, 1.807) is 11.0 Å². The second kappa shape index (κ2) is 9.86. The highest BCUT2D eigenvalue weighted by atomic mass is 127. The number of aliphatic imine (C=N–C) groups is 1. The number of hydrogen-bond acceptors (Lipinski definition) is 4. The van der Waals surface area contributed by atoms with Crippen molar-refractivity contribution in [1.82, 2.24) is 25.0 Å². The number of aromatic nitrogens is 3. The summed E-state index contributed by atoms with van der Waals surface area (Å²) in [5.41, 5.74) is 2.51. The number of nitrogens with zero attached hydrogens (tertiary/aromatic N) is 5. The van der Waals surface area contributed by atoms with Gasteiger partial charge in [-0.15, -0.1) is 24.0 Å². The van der Waals surface area contributed by atoms with Crippen LogP contribution in [0.2, 0.25) is 0 Å². The molecule has 26 heavy (non-hydrogen) atoms. The van der Waals surface area contributed by atoms with Gasteiger partial charge in [0, 0.05) is 20.1 Å². The number of benzene rings is 1. The van der Waals surface area contributed by atoms with Gasteiger partial charge in [-0.3, -0.25) is 4.68 Å². The normalized spacial score (nSPS) is 17.7. The van der Waals surface area contributed by atoms with E-state index < -0.39 is 0 Å². The summed E-state index contributed by atoms with van der Waals surface area (Å²) in [5.74, 6) is 1.74. The fourth-order valence-electron chi connectivity index (χ4n) is 3.01. The molecule has 0 aliphatic carbocycles. The first-order chi connectivity index (χ1) is 12.2. The molecule has 1 aliphatic rings. The summed E-state index contributed by atoms with van der Waals surface area (Å²) >= 11 is 0. The maximum Gasteiger partial charge on any atom is 0.194 e. The standard InChI is InChI=1S/C18H26N6O.HI/c1-4-19-18(20-11-17-21-13-22-23(17)3)24-9-10-25-16(12-24)15-8-6-5-7-14(15)2;/h5-8,13,16H,4,9-12H2,1-3H3,(H,19,20);1H. The molecule has 0 amide bonds. The summed E-state index contributed by atoms with van der Waals surface area (Å²) in [4.78, 5) is 11.2. The van der Waals surface area contributed by atoms with E-state index in [4.69, 9.17) is 9.73 Å². The summed E-state index contributed by atoms with van der Waals surface area (Å²) in [6.45, 7) is 7.84. The molecule has 1 atom stereocenters. The van der Waals surface area contributed by atoms with Crippen molar-refractivity contribution in [3.8, 4) is 0 Å². The van der Waals surface area contributed by atoms with E-state index in [9.17, 15) is 0 Å². The number of aryl methyl sites for hydroxylation is 2. The zero-order chi connectivity index (χ0) is 17.6. The molecule has 142 valence electrons. The highest BCUT2D eigenvalue weighted by molar-refractivity contribution is 14.0. The van der Waals surface area contributed by atoms with Crippen LogP contribution < -0.4 is 5.32 Å². The molecule has 1 N–H and O–H groups in total. The third-order valence-electron chi connectivity index (χ3n) is 4.41. The first-order valence-corrected chi connectivity index (χ1v) is 8.72. The Kier molecular flexibility index (Phi) is 7.83. The van der Waals surface area contributed by atoms with Gasteiger partial charge in [0.2, 0.25) is 0 Å². The minimum Gasteiger partial charge on any atom is -0.370 e. The monoisotopic (exact) mass is 470 g/mol. The Morgan fingerprint density at radius 1 is 1.38 bits per heavy atom. The van der Waals surface area contributed by atoms with Crippen molar-refractivity contribution >= 4 is 29.9 Å². The average Bonchev–Trinajstić information content (AvgIpc) is 3.04. The van der Waals surface area contributed by atoms with Gasteiger partial charge in [0.15, 0.2) is 5.96 Å². The minimum atomic E-state index is 0. The van der Waals surface area contributed by atoms with E-state index in [-0.39, 0.29) is 30.1 Å². The van der Waals surface area contributed by atoms with Crippen LogP contribution in [0.15, 0.2) is 35.6 Å². The molecule has 3 rings (SSSR count). The van der Waals surface area contributed by atoms with Gasteiger partial charge in [-0.25, -0.2) is 9.98 Å². The second-order valence-electron chi connectivity index (χ2n) is 6.13. The Labute approximate surface area is 171 Å². The Hall–Kier alpha value is -1.68. The van der Waals surface area contributed by atoms with E-state index in [0.29, 0.717) is 13.2 Å². The zero-order valence-electron chi connectivity index (χ0n) is 15.6. The molecule has 1 saturated heterocycles. The molecular formula is C18H27IN6O. The first-order valence-electron chi connectivity index (χ1n) is 8.72. The summed E-state index contributed by atoms with van der Waals surface area (Å²) in [6.07, 6.45) is 1.62. The van der Waals surface area contributed by atoms with Gasteiger partial charge in [-0.05, 0) is 25.0 Å². The minimum absolute atomic E-state index is 0. The van der Waals surface area contributed by atoms with Gasteiger partial charge in [0.05, 0.1) is 13.2 Å². The maximum atomic E-state index is 6.02. The van der Waals surface area contributed by atoms with Crippen molar-refractivity contribution in [2.75, 3.05) is 26.2 Å². The number of halogens is 1.